The molecule has 3 rings (SSSR count). The van der Waals surface area contributed by atoms with Crippen molar-refractivity contribution in [2.45, 2.75) is 0 Å². The summed E-state index contributed by atoms with van der Waals surface area (Å²) in [7, 11) is 1.59. The van der Waals surface area contributed by atoms with E-state index in [2.05, 4.69) is 0 Å². The quantitative estimate of drug-likeness (QED) is 0.647. The second-order valence-corrected chi connectivity index (χ2v) is 4.57. The van der Waals surface area contributed by atoms with Gasteiger partial charge in [0.15, 0.2) is 23.5 Å². The average Bonchev–Trinajstić information content (AvgIpc) is 3.05. The maximum absolute atomic E-state index is 10.8. The molecule has 0 aliphatic heterocycles. The Labute approximate surface area is 127 Å². The van der Waals surface area contributed by atoms with E-state index in [1.54, 1.807) is 19.2 Å². The number of ether oxygens (including phenoxy) is 2. The molecule has 0 unspecified atom stereocenters. The van der Waals surface area contributed by atoms with Crippen LogP contribution in [-0.2, 0) is 0 Å². The molecule has 0 fully saturated rings. The smallest absolute Gasteiger partial charge is 0.185 e. The predicted octanol–water partition coefficient (Wildman–Crippen LogP) is 4.56. The molecule has 0 atom stereocenters. The lowest BCUT2D eigenvalue weighted by Crippen LogP contribution is -1.91. The Bertz CT molecular complexity index is 789. The van der Waals surface area contributed by atoms with Crippen LogP contribution in [0.4, 0.5) is 0 Å². The van der Waals surface area contributed by atoms with Gasteiger partial charge in [0.25, 0.3) is 0 Å². The first-order valence-electron chi connectivity index (χ1n) is 6.77. The standard InChI is InChI=1S/C18H14O4/c1-20-17-8-4-5-9-18(17)22-15-7-3-2-6-14(15)16-11-10-13(12-19)21-16/h2-12H,1H3. The van der Waals surface area contributed by atoms with E-state index in [4.69, 9.17) is 13.9 Å². The fourth-order valence-corrected chi connectivity index (χ4v) is 2.14. The number of rotatable bonds is 5. The molecule has 1 heterocycles. The summed E-state index contributed by atoms with van der Waals surface area (Å²) >= 11 is 0. The Balaban J connectivity index is 1.99. The molecular formula is C18H14O4. The molecule has 110 valence electrons. The van der Waals surface area contributed by atoms with E-state index in [0.717, 1.165) is 5.56 Å². The van der Waals surface area contributed by atoms with Crippen LogP contribution in [0.3, 0.4) is 0 Å². The molecule has 3 aromatic rings. The number of para-hydroxylation sites is 3. The van der Waals surface area contributed by atoms with E-state index in [1.807, 2.05) is 48.5 Å². The molecule has 0 aliphatic carbocycles. The van der Waals surface area contributed by atoms with E-state index >= 15 is 0 Å². The van der Waals surface area contributed by atoms with Crippen LogP contribution in [-0.4, -0.2) is 13.4 Å². The topological polar surface area (TPSA) is 48.7 Å². The lowest BCUT2D eigenvalue weighted by atomic mass is 10.1. The first-order chi connectivity index (χ1) is 10.8. The Hall–Kier alpha value is -3.01. The summed E-state index contributed by atoms with van der Waals surface area (Å²) < 4.78 is 16.7. The van der Waals surface area contributed by atoms with E-state index in [-0.39, 0.29) is 5.76 Å². The highest BCUT2D eigenvalue weighted by atomic mass is 16.5. The highest BCUT2D eigenvalue weighted by Gasteiger charge is 2.12. The van der Waals surface area contributed by atoms with Crippen LogP contribution < -0.4 is 9.47 Å². The Morgan fingerprint density at radius 1 is 0.864 bits per heavy atom. The van der Waals surface area contributed by atoms with Crippen LogP contribution in [0.5, 0.6) is 17.2 Å². The minimum Gasteiger partial charge on any atom is -0.493 e. The minimum atomic E-state index is 0.280. The van der Waals surface area contributed by atoms with Gasteiger partial charge in [0.1, 0.15) is 11.5 Å². The molecule has 0 aliphatic rings. The van der Waals surface area contributed by atoms with E-state index < -0.39 is 0 Å². The molecule has 0 spiro atoms. The van der Waals surface area contributed by atoms with Crippen molar-refractivity contribution in [1.82, 2.24) is 0 Å². The first-order valence-corrected chi connectivity index (χ1v) is 6.77. The third-order valence-electron chi connectivity index (χ3n) is 3.18. The van der Waals surface area contributed by atoms with Crippen LogP contribution >= 0.6 is 0 Å². The van der Waals surface area contributed by atoms with Gasteiger partial charge >= 0.3 is 0 Å². The summed E-state index contributed by atoms with van der Waals surface area (Å²) in [5.41, 5.74) is 0.765. The molecular weight excluding hydrogens is 280 g/mol. The summed E-state index contributed by atoms with van der Waals surface area (Å²) in [5.74, 6) is 2.73. The van der Waals surface area contributed by atoms with Gasteiger partial charge in [-0.15, -0.1) is 0 Å². The molecule has 0 radical (unpaired) electrons. The fourth-order valence-electron chi connectivity index (χ4n) is 2.14. The van der Waals surface area contributed by atoms with Gasteiger partial charge in [0.2, 0.25) is 0 Å². The van der Waals surface area contributed by atoms with Crippen molar-refractivity contribution >= 4 is 6.29 Å². The van der Waals surface area contributed by atoms with Crippen molar-refractivity contribution < 1.29 is 18.7 Å². The van der Waals surface area contributed by atoms with Crippen LogP contribution in [0.15, 0.2) is 65.1 Å². The number of carbonyl (C=O) groups excluding carboxylic acids is 1. The number of furan rings is 1. The number of carbonyl (C=O) groups is 1. The summed E-state index contributed by atoms with van der Waals surface area (Å²) in [6, 6.07) is 18.2. The normalized spacial score (nSPS) is 10.2. The molecule has 4 nitrogen and oxygen atoms in total. The molecule has 2 aromatic carbocycles. The zero-order valence-corrected chi connectivity index (χ0v) is 12.0. The zero-order valence-electron chi connectivity index (χ0n) is 12.0. The highest BCUT2D eigenvalue weighted by molar-refractivity contribution is 5.74. The zero-order chi connectivity index (χ0) is 15.4. The number of hydrogen-bond donors (Lipinski definition) is 0. The van der Waals surface area contributed by atoms with Crippen molar-refractivity contribution in [3.63, 3.8) is 0 Å². The molecule has 0 saturated carbocycles. The van der Waals surface area contributed by atoms with E-state index in [9.17, 15) is 4.79 Å². The van der Waals surface area contributed by atoms with Crippen LogP contribution in [0.2, 0.25) is 0 Å². The van der Waals surface area contributed by atoms with Crippen molar-refractivity contribution in [2.75, 3.05) is 7.11 Å². The molecule has 0 bridgehead atoms. The van der Waals surface area contributed by atoms with Gasteiger partial charge in [0.05, 0.1) is 12.7 Å². The molecule has 0 N–H and O–H groups in total. The summed E-state index contributed by atoms with van der Waals surface area (Å²) in [6.45, 7) is 0. The summed E-state index contributed by atoms with van der Waals surface area (Å²) in [6.07, 6.45) is 0.674. The highest BCUT2D eigenvalue weighted by Crippen LogP contribution is 2.37. The number of hydrogen-bond acceptors (Lipinski definition) is 4. The molecule has 22 heavy (non-hydrogen) atoms. The van der Waals surface area contributed by atoms with Crippen molar-refractivity contribution in [1.29, 1.82) is 0 Å². The molecule has 4 heteroatoms. The molecule has 0 saturated heterocycles. The molecule has 0 amide bonds. The van der Waals surface area contributed by atoms with Crippen LogP contribution in [0.1, 0.15) is 10.6 Å². The maximum Gasteiger partial charge on any atom is 0.185 e. The first kappa shape index (κ1) is 13.9. The average molecular weight is 294 g/mol. The second-order valence-electron chi connectivity index (χ2n) is 4.57. The Morgan fingerprint density at radius 2 is 1.55 bits per heavy atom. The summed E-state index contributed by atoms with van der Waals surface area (Å²) in [4.78, 5) is 10.8. The minimum absolute atomic E-state index is 0.280. The number of aldehydes is 1. The van der Waals surface area contributed by atoms with Crippen LogP contribution in [0, 0.1) is 0 Å². The second kappa shape index (κ2) is 6.18. The Morgan fingerprint density at radius 3 is 2.23 bits per heavy atom. The van der Waals surface area contributed by atoms with Crippen molar-refractivity contribution in [2.24, 2.45) is 0 Å². The number of methoxy groups -OCH3 is 1. The van der Waals surface area contributed by atoms with Gasteiger partial charge in [0, 0.05) is 0 Å². The van der Waals surface area contributed by atoms with Gasteiger partial charge in [-0.2, -0.15) is 0 Å². The maximum atomic E-state index is 10.8. The van der Waals surface area contributed by atoms with Gasteiger partial charge in [-0.3, -0.25) is 4.79 Å². The largest absolute Gasteiger partial charge is 0.493 e. The van der Waals surface area contributed by atoms with Gasteiger partial charge in [-0.05, 0) is 36.4 Å². The SMILES string of the molecule is COc1ccccc1Oc1ccccc1-c1ccc(C=O)o1. The van der Waals surface area contributed by atoms with E-state index in [1.165, 1.54) is 0 Å². The van der Waals surface area contributed by atoms with Crippen molar-refractivity contribution in [3.8, 4) is 28.6 Å². The molecule has 1 aromatic heterocycles. The monoisotopic (exact) mass is 294 g/mol. The lowest BCUT2D eigenvalue weighted by molar-refractivity contribution is 0.110. The summed E-state index contributed by atoms with van der Waals surface area (Å²) in [5, 5.41) is 0. The van der Waals surface area contributed by atoms with Gasteiger partial charge in [-0.1, -0.05) is 24.3 Å². The third kappa shape index (κ3) is 2.72. The number of benzene rings is 2. The predicted molar refractivity (Wildman–Crippen MR) is 82.6 cm³/mol. The van der Waals surface area contributed by atoms with E-state index in [0.29, 0.717) is 29.3 Å². The fraction of sp³-hybridized carbons (Fsp3) is 0.0556. The van der Waals surface area contributed by atoms with Gasteiger partial charge < -0.3 is 13.9 Å². The van der Waals surface area contributed by atoms with Crippen molar-refractivity contribution in [3.05, 3.63) is 66.4 Å². The lowest BCUT2D eigenvalue weighted by Gasteiger charge is -2.12. The van der Waals surface area contributed by atoms with Crippen LogP contribution in [0.25, 0.3) is 11.3 Å². The third-order valence-corrected chi connectivity index (χ3v) is 3.18. The van der Waals surface area contributed by atoms with Gasteiger partial charge in [-0.25, -0.2) is 0 Å². The Kier molecular flexibility index (Phi) is 3.92.